The first-order chi connectivity index (χ1) is 7.90. The minimum absolute atomic E-state index is 0.0274. The third-order valence-electron chi connectivity index (χ3n) is 1.99. The molecule has 0 saturated carbocycles. The second-order valence-electron chi connectivity index (χ2n) is 3.95. The molecule has 6 heteroatoms. The monoisotopic (exact) mass is 240 g/mol. The first kappa shape index (κ1) is 13.2. The molecule has 1 aromatic rings. The van der Waals surface area contributed by atoms with E-state index in [-0.39, 0.29) is 30.0 Å². The second kappa shape index (κ2) is 5.49. The number of hydrogen-bond acceptors (Lipinski definition) is 3. The van der Waals surface area contributed by atoms with Crippen LogP contribution >= 0.6 is 0 Å². The number of aromatic nitrogens is 1. The quantitative estimate of drug-likeness (QED) is 0.725. The first-order valence-corrected chi connectivity index (χ1v) is 5.24. The Bertz CT molecular complexity index is 423. The van der Waals surface area contributed by atoms with Crippen molar-refractivity contribution in [3.8, 4) is 0 Å². The van der Waals surface area contributed by atoms with Gasteiger partial charge >= 0.3 is 5.97 Å². The topological polar surface area (TPSA) is 91.4 Å². The van der Waals surface area contributed by atoms with E-state index >= 15 is 0 Å². The molecular weight excluding hydrogens is 224 g/mol. The lowest BCUT2D eigenvalue weighted by molar-refractivity contribution is -0.121. The maximum Gasteiger partial charge on any atom is 0.354 e. The number of ether oxygens (including phenoxy) is 1. The van der Waals surface area contributed by atoms with Crippen LogP contribution in [0.4, 0.5) is 5.69 Å². The van der Waals surface area contributed by atoms with E-state index in [9.17, 15) is 9.59 Å². The highest BCUT2D eigenvalue weighted by molar-refractivity contribution is 6.00. The SMILES string of the molecule is Cc1cc(NC(=O)COC(C)C)c(C(=O)O)[nH]1. The molecule has 0 aliphatic carbocycles. The minimum Gasteiger partial charge on any atom is -0.477 e. The maximum absolute atomic E-state index is 11.5. The lowest BCUT2D eigenvalue weighted by Crippen LogP contribution is -2.21. The Balaban J connectivity index is 2.68. The molecule has 1 rings (SSSR count). The summed E-state index contributed by atoms with van der Waals surface area (Å²) in [6.45, 7) is 5.25. The van der Waals surface area contributed by atoms with E-state index in [2.05, 4.69) is 10.3 Å². The molecule has 0 saturated heterocycles. The summed E-state index contributed by atoms with van der Waals surface area (Å²) in [5.74, 6) is -1.49. The van der Waals surface area contributed by atoms with Gasteiger partial charge in [-0.2, -0.15) is 0 Å². The number of nitrogens with one attached hydrogen (secondary N) is 2. The van der Waals surface area contributed by atoms with E-state index in [4.69, 9.17) is 9.84 Å². The summed E-state index contributed by atoms with van der Waals surface area (Å²) in [5.41, 5.74) is 0.898. The number of rotatable bonds is 5. The Labute approximate surface area is 99.0 Å². The molecule has 94 valence electrons. The fourth-order valence-corrected chi connectivity index (χ4v) is 1.29. The Hall–Kier alpha value is -1.82. The first-order valence-electron chi connectivity index (χ1n) is 5.24. The average molecular weight is 240 g/mol. The molecule has 0 unspecified atom stereocenters. The molecule has 1 heterocycles. The fraction of sp³-hybridized carbons (Fsp3) is 0.455. The van der Waals surface area contributed by atoms with Gasteiger partial charge in [0.1, 0.15) is 12.3 Å². The molecule has 0 atom stereocenters. The summed E-state index contributed by atoms with van der Waals surface area (Å²) in [6.07, 6.45) is -0.0485. The number of aromatic carboxylic acids is 1. The number of carbonyl (C=O) groups is 2. The molecule has 0 fully saturated rings. The summed E-state index contributed by atoms with van der Waals surface area (Å²) < 4.78 is 5.11. The van der Waals surface area contributed by atoms with Crippen molar-refractivity contribution in [3.05, 3.63) is 17.5 Å². The van der Waals surface area contributed by atoms with Gasteiger partial charge in [0.2, 0.25) is 5.91 Å². The summed E-state index contributed by atoms with van der Waals surface area (Å²) in [6, 6.07) is 1.57. The lowest BCUT2D eigenvalue weighted by Gasteiger charge is -2.07. The maximum atomic E-state index is 11.5. The van der Waals surface area contributed by atoms with Crippen molar-refractivity contribution in [2.45, 2.75) is 26.9 Å². The van der Waals surface area contributed by atoms with Gasteiger partial charge in [0, 0.05) is 5.69 Å². The summed E-state index contributed by atoms with van der Waals surface area (Å²) in [4.78, 5) is 25.0. The van der Waals surface area contributed by atoms with Crippen LogP contribution in [-0.4, -0.2) is 34.7 Å². The van der Waals surface area contributed by atoms with E-state index in [1.807, 2.05) is 13.8 Å². The Kier molecular flexibility index (Phi) is 4.28. The Morgan fingerprint density at radius 2 is 2.18 bits per heavy atom. The van der Waals surface area contributed by atoms with E-state index in [0.29, 0.717) is 5.69 Å². The highest BCUT2D eigenvalue weighted by Gasteiger charge is 2.15. The molecule has 0 radical (unpaired) electrons. The second-order valence-corrected chi connectivity index (χ2v) is 3.95. The van der Waals surface area contributed by atoms with Crippen molar-refractivity contribution >= 4 is 17.6 Å². The predicted octanol–water partition coefficient (Wildman–Crippen LogP) is 1.38. The van der Waals surface area contributed by atoms with Crippen molar-refractivity contribution in [3.63, 3.8) is 0 Å². The molecule has 17 heavy (non-hydrogen) atoms. The number of anilines is 1. The van der Waals surface area contributed by atoms with Gasteiger partial charge in [0.05, 0.1) is 11.8 Å². The molecule has 1 aromatic heterocycles. The van der Waals surface area contributed by atoms with Gasteiger partial charge < -0.3 is 20.1 Å². The summed E-state index contributed by atoms with van der Waals surface area (Å²) in [7, 11) is 0. The fourth-order valence-electron chi connectivity index (χ4n) is 1.29. The number of carboxylic acids is 1. The van der Waals surface area contributed by atoms with Crippen molar-refractivity contribution in [1.29, 1.82) is 0 Å². The number of amides is 1. The number of hydrogen-bond donors (Lipinski definition) is 3. The van der Waals surface area contributed by atoms with Gasteiger partial charge in [0.15, 0.2) is 0 Å². The van der Waals surface area contributed by atoms with Crippen LogP contribution in [-0.2, 0) is 9.53 Å². The van der Waals surface area contributed by atoms with Crippen LogP contribution in [0.5, 0.6) is 0 Å². The van der Waals surface area contributed by atoms with Gasteiger partial charge in [0.25, 0.3) is 0 Å². The molecular formula is C11H16N2O4. The van der Waals surface area contributed by atoms with E-state index in [1.54, 1.807) is 13.0 Å². The highest BCUT2D eigenvalue weighted by Crippen LogP contribution is 2.16. The third kappa shape index (κ3) is 3.92. The van der Waals surface area contributed by atoms with Gasteiger partial charge in [-0.1, -0.05) is 0 Å². The number of carbonyl (C=O) groups excluding carboxylic acids is 1. The van der Waals surface area contributed by atoms with Crippen molar-refractivity contribution in [1.82, 2.24) is 4.98 Å². The Morgan fingerprint density at radius 3 is 2.71 bits per heavy atom. The Morgan fingerprint density at radius 1 is 1.53 bits per heavy atom. The number of carboxylic acid groups (broad SMARTS) is 1. The van der Waals surface area contributed by atoms with E-state index in [0.717, 1.165) is 0 Å². The number of H-pyrrole nitrogens is 1. The standard InChI is InChI=1S/C11H16N2O4/c1-6(2)17-5-9(14)13-8-4-7(3)12-10(8)11(15)16/h4,6,12H,5H2,1-3H3,(H,13,14)(H,15,16). The highest BCUT2D eigenvalue weighted by atomic mass is 16.5. The normalized spacial score (nSPS) is 10.6. The van der Waals surface area contributed by atoms with Crippen LogP contribution in [0, 0.1) is 6.92 Å². The van der Waals surface area contributed by atoms with E-state index < -0.39 is 5.97 Å². The smallest absolute Gasteiger partial charge is 0.354 e. The number of aromatic amines is 1. The van der Waals surface area contributed by atoms with Gasteiger partial charge in [-0.3, -0.25) is 4.79 Å². The molecule has 0 aliphatic rings. The van der Waals surface area contributed by atoms with Gasteiger partial charge in [-0.05, 0) is 26.8 Å². The van der Waals surface area contributed by atoms with Crippen molar-refractivity contribution < 1.29 is 19.4 Å². The zero-order valence-electron chi connectivity index (χ0n) is 10.0. The minimum atomic E-state index is -1.11. The molecule has 0 aromatic carbocycles. The molecule has 0 aliphatic heterocycles. The average Bonchev–Trinajstić information content (AvgIpc) is 2.56. The van der Waals surface area contributed by atoms with Crippen LogP contribution in [0.2, 0.25) is 0 Å². The zero-order valence-corrected chi connectivity index (χ0v) is 10.0. The lowest BCUT2D eigenvalue weighted by atomic mass is 10.3. The molecule has 6 nitrogen and oxygen atoms in total. The molecule has 0 spiro atoms. The van der Waals surface area contributed by atoms with Crippen LogP contribution < -0.4 is 5.32 Å². The largest absolute Gasteiger partial charge is 0.477 e. The predicted molar refractivity (Wildman–Crippen MR) is 62.2 cm³/mol. The van der Waals surface area contributed by atoms with E-state index in [1.165, 1.54) is 0 Å². The summed E-state index contributed by atoms with van der Waals surface area (Å²) in [5, 5.41) is 11.4. The van der Waals surface area contributed by atoms with Crippen LogP contribution in [0.1, 0.15) is 30.0 Å². The van der Waals surface area contributed by atoms with Crippen molar-refractivity contribution in [2.24, 2.45) is 0 Å². The van der Waals surface area contributed by atoms with Crippen LogP contribution in [0.25, 0.3) is 0 Å². The molecule has 3 N–H and O–H groups in total. The van der Waals surface area contributed by atoms with Crippen LogP contribution in [0.15, 0.2) is 6.07 Å². The van der Waals surface area contributed by atoms with Crippen molar-refractivity contribution in [2.75, 3.05) is 11.9 Å². The number of aryl methyl sites for hydroxylation is 1. The zero-order chi connectivity index (χ0) is 13.0. The van der Waals surface area contributed by atoms with Gasteiger partial charge in [-0.15, -0.1) is 0 Å². The third-order valence-corrected chi connectivity index (χ3v) is 1.99. The summed E-state index contributed by atoms with van der Waals surface area (Å²) >= 11 is 0. The molecule has 1 amide bonds. The molecule has 0 bridgehead atoms. The van der Waals surface area contributed by atoms with Gasteiger partial charge in [-0.25, -0.2) is 4.79 Å². The van der Waals surface area contributed by atoms with Crippen LogP contribution in [0.3, 0.4) is 0 Å².